The van der Waals surface area contributed by atoms with Gasteiger partial charge >= 0.3 is 0 Å². The van der Waals surface area contributed by atoms with Gasteiger partial charge in [-0.2, -0.15) is 0 Å². The quantitative estimate of drug-likeness (QED) is 0.467. The molecule has 1 amide bonds. The summed E-state index contributed by atoms with van der Waals surface area (Å²) in [4.78, 5) is 13.3. The van der Waals surface area contributed by atoms with Crippen LogP contribution in [0.2, 0.25) is 0 Å². The van der Waals surface area contributed by atoms with Crippen LogP contribution in [-0.4, -0.2) is 27.0 Å². The fourth-order valence-electron chi connectivity index (χ4n) is 4.19. The predicted octanol–water partition coefficient (Wildman–Crippen LogP) is 4.42. The van der Waals surface area contributed by atoms with E-state index < -0.39 is 16.1 Å². The number of hydrogen-bond acceptors (Lipinski definition) is 4. The van der Waals surface area contributed by atoms with Gasteiger partial charge in [-0.25, -0.2) is 8.42 Å². The molecule has 1 N–H and O–H groups in total. The van der Waals surface area contributed by atoms with Crippen LogP contribution in [0.15, 0.2) is 95.9 Å². The van der Waals surface area contributed by atoms with Crippen LogP contribution in [0.3, 0.4) is 0 Å². The topological polar surface area (TPSA) is 75.7 Å². The first-order valence-electron chi connectivity index (χ1n) is 11.0. The maximum Gasteiger partial charge on any atom is 0.264 e. The second kappa shape index (κ2) is 8.83. The van der Waals surface area contributed by atoms with Crippen LogP contribution < -0.4 is 14.4 Å². The van der Waals surface area contributed by atoms with Crippen molar-refractivity contribution in [1.82, 2.24) is 5.32 Å². The molecule has 1 heterocycles. The molecular weight excluding hydrogens is 448 g/mol. The van der Waals surface area contributed by atoms with Gasteiger partial charge in [0, 0.05) is 6.54 Å². The normalized spacial score (nSPS) is 15.4. The molecule has 6 nitrogen and oxygen atoms in total. The molecule has 1 atom stereocenters. The van der Waals surface area contributed by atoms with Crippen molar-refractivity contribution in [1.29, 1.82) is 0 Å². The van der Waals surface area contributed by atoms with Crippen molar-refractivity contribution in [2.45, 2.75) is 24.5 Å². The highest BCUT2D eigenvalue weighted by Crippen LogP contribution is 2.37. The van der Waals surface area contributed by atoms with Crippen molar-refractivity contribution in [2.24, 2.45) is 0 Å². The molecule has 0 spiro atoms. The highest BCUT2D eigenvalue weighted by atomic mass is 32.2. The summed E-state index contributed by atoms with van der Waals surface area (Å²) in [6, 6.07) is 27.4. The zero-order chi connectivity index (χ0) is 23.7. The number of ether oxygens (including phenoxy) is 1. The van der Waals surface area contributed by atoms with Crippen molar-refractivity contribution in [2.75, 3.05) is 10.8 Å². The van der Waals surface area contributed by atoms with Crippen molar-refractivity contribution < 1.29 is 17.9 Å². The molecule has 7 heteroatoms. The van der Waals surface area contributed by atoms with Crippen LogP contribution in [0.1, 0.15) is 11.1 Å². The van der Waals surface area contributed by atoms with E-state index in [1.165, 1.54) is 4.31 Å². The number of fused-ring (bicyclic) bond motifs is 2. The molecular formula is C27H24N2O4S. The number of carbonyl (C=O) groups excluding carboxylic acids is 1. The molecule has 172 valence electrons. The number of carbonyl (C=O) groups is 1. The van der Waals surface area contributed by atoms with Gasteiger partial charge in [0.15, 0.2) is 6.10 Å². The van der Waals surface area contributed by atoms with E-state index in [2.05, 4.69) is 5.32 Å². The fraction of sp³-hybridized carbons (Fsp3) is 0.148. The monoisotopic (exact) mass is 472 g/mol. The van der Waals surface area contributed by atoms with Gasteiger partial charge in [-0.05, 0) is 53.1 Å². The van der Waals surface area contributed by atoms with Crippen LogP contribution in [0.4, 0.5) is 5.69 Å². The second-order valence-electron chi connectivity index (χ2n) is 8.28. The second-order valence-corrected chi connectivity index (χ2v) is 10.1. The minimum absolute atomic E-state index is 0.116. The van der Waals surface area contributed by atoms with E-state index >= 15 is 0 Å². The van der Waals surface area contributed by atoms with Gasteiger partial charge < -0.3 is 10.1 Å². The third-order valence-electron chi connectivity index (χ3n) is 5.94. The number of amides is 1. The lowest BCUT2D eigenvalue weighted by molar-refractivity contribution is -0.127. The Morgan fingerprint density at radius 2 is 1.71 bits per heavy atom. The van der Waals surface area contributed by atoms with Crippen LogP contribution in [-0.2, 0) is 21.4 Å². The third-order valence-corrected chi connectivity index (χ3v) is 7.74. The summed E-state index contributed by atoms with van der Waals surface area (Å²) in [6.45, 7) is 2.09. The van der Waals surface area contributed by atoms with Crippen molar-refractivity contribution >= 4 is 32.4 Å². The number of anilines is 1. The first-order chi connectivity index (χ1) is 16.4. The molecule has 0 unspecified atom stereocenters. The van der Waals surface area contributed by atoms with E-state index in [1.54, 1.807) is 42.5 Å². The average Bonchev–Trinajstić information content (AvgIpc) is 2.86. The number of rotatable bonds is 5. The highest BCUT2D eigenvalue weighted by molar-refractivity contribution is 7.92. The Kier molecular flexibility index (Phi) is 5.71. The van der Waals surface area contributed by atoms with Crippen molar-refractivity contribution in [3.63, 3.8) is 0 Å². The Morgan fingerprint density at radius 3 is 2.53 bits per heavy atom. The lowest BCUT2D eigenvalue weighted by Crippen LogP contribution is -2.50. The standard InChI is InChI=1S/C27H24N2O4S/c1-19-14-15-24-25(16-19)33-26(18-29(24)34(31,32)22-11-3-2-4-12-22)27(30)28-17-21-10-7-9-20-8-5-6-13-23(20)21/h2-16,26H,17-18H2,1H3,(H,28,30)/t26-/m1/s1. The molecule has 0 saturated carbocycles. The Labute approximate surface area is 198 Å². The maximum absolute atomic E-state index is 13.5. The zero-order valence-electron chi connectivity index (χ0n) is 18.6. The largest absolute Gasteiger partial charge is 0.476 e. The van der Waals surface area contributed by atoms with Crippen LogP contribution in [0, 0.1) is 6.92 Å². The molecule has 0 radical (unpaired) electrons. The lowest BCUT2D eigenvalue weighted by atomic mass is 10.0. The van der Waals surface area contributed by atoms with Gasteiger partial charge in [-0.15, -0.1) is 0 Å². The number of aryl methyl sites for hydroxylation is 1. The van der Waals surface area contributed by atoms with E-state index in [-0.39, 0.29) is 17.3 Å². The van der Waals surface area contributed by atoms with Crippen LogP contribution in [0.5, 0.6) is 5.75 Å². The molecule has 0 fully saturated rings. The first-order valence-corrected chi connectivity index (χ1v) is 12.5. The highest BCUT2D eigenvalue weighted by Gasteiger charge is 2.37. The lowest BCUT2D eigenvalue weighted by Gasteiger charge is -2.35. The molecule has 0 aromatic heterocycles. The van der Waals surface area contributed by atoms with Gasteiger partial charge in [0.2, 0.25) is 0 Å². The van der Waals surface area contributed by atoms with E-state index in [1.807, 2.05) is 55.5 Å². The Morgan fingerprint density at radius 1 is 0.971 bits per heavy atom. The molecule has 0 saturated heterocycles. The summed E-state index contributed by atoms with van der Waals surface area (Å²) < 4.78 is 34.2. The molecule has 0 bridgehead atoms. The van der Waals surface area contributed by atoms with Crippen molar-refractivity contribution in [3.8, 4) is 5.75 Å². The fourth-order valence-corrected chi connectivity index (χ4v) is 5.68. The molecule has 1 aliphatic rings. The molecule has 1 aliphatic heterocycles. The number of hydrogen-bond donors (Lipinski definition) is 1. The summed E-state index contributed by atoms with van der Waals surface area (Å²) in [7, 11) is -3.88. The van der Waals surface area contributed by atoms with Crippen molar-refractivity contribution in [3.05, 3.63) is 102 Å². The predicted molar refractivity (Wildman–Crippen MR) is 132 cm³/mol. The zero-order valence-corrected chi connectivity index (χ0v) is 19.5. The van der Waals surface area contributed by atoms with Gasteiger partial charge in [0.1, 0.15) is 5.75 Å². The Hall–Kier alpha value is -3.84. The van der Waals surface area contributed by atoms with Gasteiger partial charge in [-0.1, -0.05) is 66.7 Å². The van der Waals surface area contributed by atoms with E-state index in [0.717, 1.165) is 21.9 Å². The molecule has 4 aromatic rings. The number of sulfonamides is 1. The van der Waals surface area contributed by atoms with Gasteiger partial charge in [0.05, 0.1) is 17.1 Å². The summed E-state index contributed by atoms with van der Waals surface area (Å²) >= 11 is 0. The van der Waals surface area contributed by atoms with Gasteiger partial charge in [0.25, 0.3) is 15.9 Å². The third kappa shape index (κ3) is 4.10. The number of nitrogens with one attached hydrogen (secondary N) is 1. The summed E-state index contributed by atoms with van der Waals surface area (Å²) in [5.74, 6) is 0.00409. The minimum atomic E-state index is -3.88. The summed E-state index contributed by atoms with van der Waals surface area (Å²) in [5.41, 5.74) is 2.31. The molecule has 5 rings (SSSR count). The average molecular weight is 473 g/mol. The summed E-state index contributed by atoms with van der Waals surface area (Å²) in [6.07, 6.45) is -0.984. The summed E-state index contributed by atoms with van der Waals surface area (Å²) in [5, 5.41) is 5.08. The number of benzene rings is 4. The van der Waals surface area contributed by atoms with E-state index in [9.17, 15) is 13.2 Å². The number of nitrogens with zero attached hydrogens (tertiary/aromatic N) is 1. The molecule has 34 heavy (non-hydrogen) atoms. The van der Waals surface area contributed by atoms with E-state index in [4.69, 9.17) is 4.74 Å². The Bertz CT molecular complexity index is 1460. The SMILES string of the molecule is Cc1ccc2c(c1)O[C@@H](C(=O)NCc1cccc3ccccc13)CN2S(=O)(=O)c1ccccc1. The molecule has 0 aliphatic carbocycles. The Balaban J connectivity index is 1.43. The van der Waals surface area contributed by atoms with Crippen LogP contribution in [0.25, 0.3) is 10.8 Å². The first kappa shape index (κ1) is 22.0. The maximum atomic E-state index is 13.5. The smallest absolute Gasteiger partial charge is 0.264 e. The minimum Gasteiger partial charge on any atom is -0.476 e. The van der Waals surface area contributed by atoms with Gasteiger partial charge in [-0.3, -0.25) is 9.10 Å². The van der Waals surface area contributed by atoms with Crippen LogP contribution >= 0.6 is 0 Å². The molecule has 4 aromatic carbocycles. The van der Waals surface area contributed by atoms with E-state index in [0.29, 0.717) is 18.0 Å².